The van der Waals surface area contributed by atoms with Crippen molar-refractivity contribution in [2.75, 3.05) is 4.90 Å². The first kappa shape index (κ1) is 17.4. The molecule has 6 heteroatoms. The molecule has 0 bridgehead atoms. The van der Waals surface area contributed by atoms with Crippen LogP contribution in [0.1, 0.15) is 30.9 Å². The molecule has 132 valence electrons. The fourth-order valence-electron chi connectivity index (χ4n) is 2.64. The quantitative estimate of drug-likeness (QED) is 0.657. The van der Waals surface area contributed by atoms with Gasteiger partial charge in [0.2, 0.25) is 0 Å². The lowest BCUT2D eigenvalue weighted by Gasteiger charge is -2.26. The number of urea groups is 1. The number of aromatic hydroxyl groups is 1. The highest BCUT2D eigenvalue weighted by Gasteiger charge is 2.36. The van der Waals surface area contributed by atoms with E-state index in [4.69, 9.17) is 0 Å². The van der Waals surface area contributed by atoms with Crippen LogP contribution in [-0.4, -0.2) is 23.0 Å². The number of barbiturate groups is 1. The zero-order chi connectivity index (χ0) is 18.8. The molecular formula is C20H18N2O4. The standard InChI is InChI=1S/C20H18N2O4/c1-12(2)14-5-7-15(8-6-14)22-19(25)17(18(24)21-20(22)26)11-13-3-9-16(23)10-4-13/h3-12,23H,1-2H3,(H,21,24,26). The third-order valence-corrected chi connectivity index (χ3v) is 4.12. The van der Waals surface area contributed by atoms with Gasteiger partial charge in [-0.3, -0.25) is 14.9 Å². The predicted octanol–water partition coefficient (Wildman–Crippen LogP) is 3.18. The Labute approximate surface area is 150 Å². The van der Waals surface area contributed by atoms with Gasteiger partial charge in [-0.2, -0.15) is 0 Å². The second-order valence-electron chi connectivity index (χ2n) is 6.30. The van der Waals surface area contributed by atoms with Crippen molar-refractivity contribution < 1.29 is 19.5 Å². The van der Waals surface area contributed by atoms with E-state index in [-0.39, 0.29) is 11.3 Å². The normalized spacial score (nSPS) is 16.3. The molecule has 4 amide bonds. The average Bonchev–Trinajstić information content (AvgIpc) is 2.60. The van der Waals surface area contributed by atoms with Crippen molar-refractivity contribution in [1.29, 1.82) is 0 Å². The summed E-state index contributed by atoms with van der Waals surface area (Å²) in [6, 6.07) is 12.3. The van der Waals surface area contributed by atoms with E-state index in [2.05, 4.69) is 5.32 Å². The van der Waals surface area contributed by atoms with E-state index in [1.54, 1.807) is 24.3 Å². The first-order valence-corrected chi connectivity index (χ1v) is 8.17. The molecule has 0 saturated carbocycles. The predicted molar refractivity (Wildman–Crippen MR) is 97.6 cm³/mol. The summed E-state index contributed by atoms with van der Waals surface area (Å²) in [7, 11) is 0. The highest BCUT2D eigenvalue weighted by molar-refractivity contribution is 6.39. The number of carbonyl (C=O) groups excluding carboxylic acids is 3. The largest absolute Gasteiger partial charge is 0.508 e. The Kier molecular flexibility index (Phi) is 4.58. The molecule has 1 saturated heterocycles. The Morgan fingerprint density at radius 3 is 2.15 bits per heavy atom. The minimum absolute atomic E-state index is 0.0774. The third kappa shape index (κ3) is 3.35. The molecule has 0 aromatic heterocycles. The summed E-state index contributed by atoms with van der Waals surface area (Å²) in [6.45, 7) is 4.09. The van der Waals surface area contributed by atoms with E-state index in [0.717, 1.165) is 10.5 Å². The molecule has 1 fully saturated rings. The van der Waals surface area contributed by atoms with E-state index < -0.39 is 17.8 Å². The molecule has 0 spiro atoms. The number of phenols is 1. The Morgan fingerprint density at radius 1 is 0.962 bits per heavy atom. The lowest BCUT2D eigenvalue weighted by atomic mass is 10.0. The highest BCUT2D eigenvalue weighted by atomic mass is 16.3. The maximum absolute atomic E-state index is 12.8. The van der Waals surface area contributed by atoms with Crippen LogP contribution in [-0.2, 0) is 9.59 Å². The van der Waals surface area contributed by atoms with Gasteiger partial charge in [0.1, 0.15) is 11.3 Å². The van der Waals surface area contributed by atoms with Gasteiger partial charge in [-0.1, -0.05) is 38.1 Å². The molecule has 0 unspecified atom stereocenters. The van der Waals surface area contributed by atoms with E-state index >= 15 is 0 Å². The van der Waals surface area contributed by atoms with Gasteiger partial charge in [-0.05, 0) is 47.4 Å². The number of phenolic OH excluding ortho intramolecular Hbond substituents is 1. The van der Waals surface area contributed by atoms with Crippen molar-refractivity contribution in [2.24, 2.45) is 0 Å². The fraction of sp³-hybridized carbons (Fsp3) is 0.150. The fourth-order valence-corrected chi connectivity index (χ4v) is 2.64. The number of carbonyl (C=O) groups is 3. The van der Waals surface area contributed by atoms with Crippen molar-refractivity contribution in [2.45, 2.75) is 19.8 Å². The van der Waals surface area contributed by atoms with E-state index in [9.17, 15) is 19.5 Å². The summed E-state index contributed by atoms with van der Waals surface area (Å²) in [5.41, 5.74) is 1.88. The Hall–Kier alpha value is -3.41. The van der Waals surface area contributed by atoms with E-state index in [0.29, 0.717) is 17.2 Å². The molecule has 0 aliphatic carbocycles. The summed E-state index contributed by atoms with van der Waals surface area (Å²) in [6.07, 6.45) is 1.39. The molecule has 1 aliphatic heterocycles. The van der Waals surface area contributed by atoms with Crippen LogP contribution in [0.3, 0.4) is 0 Å². The maximum atomic E-state index is 12.8. The Morgan fingerprint density at radius 2 is 1.58 bits per heavy atom. The van der Waals surface area contributed by atoms with Crippen LogP contribution in [0.2, 0.25) is 0 Å². The summed E-state index contributed by atoms with van der Waals surface area (Å²) in [5.74, 6) is -1.04. The van der Waals surface area contributed by atoms with Gasteiger partial charge in [-0.25, -0.2) is 9.69 Å². The minimum Gasteiger partial charge on any atom is -0.508 e. The first-order chi connectivity index (χ1) is 12.4. The van der Waals surface area contributed by atoms with Crippen LogP contribution in [0.25, 0.3) is 6.08 Å². The van der Waals surface area contributed by atoms with Crippen molar-refractivity contribution in [1.82, 2.24) is 5.32 Å². The number of imide groups is 2. The second-order valence-corrected chi connectivity index (χ2v) is 6.30. The van der Waals surface area contributed by atoms with Crippen molar-refractivity contribution in [3.05, 3.63) is 65.2 Å². The van der Waals surface area contributed by atoms with Crippen LogP contribution < -0.4 is 10.2 Å². The average molecular weight is 350 g/mol. The smallest absolute Gasteiger partial charge is 0.335 e. The molecule has 1 aliphatic rings. The Bertz CT molecular complexity index is 896. The monoisotopic (exact) mass is 350 g/mol. The van der Waals surface area contributed by atoms with Gasteiger partial charge in [0.15, 0.2) is 0 Å². The van der Waals surface area contributed by atoms with Gasteiger partial charge < -0.3 is 5.11 Å². The topological polar surface area (TPSA) is 86.7 Å². The number of amides is 4. The number of rotatable bonds is 3. The second kappa shape index (κ2) is 6.84. The zero-order valence-corrected chi connectivity index (χ0v) is 14.4. The van der Waals surface area contributed by atoms with Crippen LogP contribution in [0, 0.1) is 0 Å². The van der Waals surface area contributed by atoms with Crippen LogP contribution in [0.15, 0.2) is 54.1 Å². The summed E-state index contributed by atoms with van der Waals surface area (Å²) < 4.78 is 0. The molecule has 6 nitrogen and oxygen atoms in total. The molecule has 26 heavy (non-hydrogen) atoms. The van der Waals surface area contributed by atoms with Crippen molar-refractivity contribution >= 4 is 29.6 Å². The molecule has 2 aromatic carbocycles. The first-order valence-electron chi connectivity index (χ1n) is 8.17. The number of benzene rings is 2. The van der Waals surface area contributed by atoms with Gasteiger partial charge in [0.05, 0.1) is 5.69 Å². The Balaban J connectivity index is 1.96. The number of nitrogens with one attached hydrogen (secondary N) is 1. The van der Waals surface area contributed by atoms with Gasteiger partial charge in [-0.15, -0.1) is 0 Å². The third-order valence-electron chi connectivity index (χ3n) is 4.12. The molecule has 0 atom stereocenters. The molecule has 3 rings (SSSR count). The summed E-state index contributed by atoms with van der Waals surface area (Å²) >= 11 is 0. The molecule has 2 aromatic rings. The van der Waals surface area contributed by atoms with Crippen molar-refractivity contribution in [3.8, 4) is 5.75 Å². The number of hydrogen-bond acceptors (Lipinski definition) is 4. The maximum Gasteiger partial charge on any atom is 0.335 e. The highest BCUT2D eigenvalue weighted by Crippen LogP contribution is 2.24. The van der Waals surface area contributed by atoms with Gasteiger partial charge in [0.25, 0.3) is 11.8 Å². The number of hydrogen-bond donors (Lipinski definition) is 2. The molecule has 2 N–H and O–H groups in total. The number of nitrogens with zero attached hydrogens (tertiary/aromatic N) is 1. The zero-order valence-electron chi connectivity index (χ0n) is 14.4. The van der Waals surface area contributed by atoms with Crippen LogP contribution >= 0.6 is 0 Å². The minimum atomic E-state index is -0.778. The molecular weight excluding hydrogens is 332 g/mol. The van der Waals surface area contributed by atoms with Crippen LogP contribution in [0.5, 0.6) is 5.75 Å². The van der Waals surface area contributed by atoms with E-state index in [1.165, 1.54) is 18.2 Å². The van der Waals surface area contributed by atoms with Gasteiger partial charge in [0, 0.05) is 0 Å². The summed E-state index contributed by atoms with van der Waals surface area (Å²) in [4.78, 5) is 38.0. The van der Waals surface area contributed by atoms with Gasteiger partial charge >= 0.3 is 6.03 Å². The SMILES string of the molecule is CC(C)c1ccc(N2C(=O)NC(=O)C(=Cc3ccc(O)cc3)C2=O)cc1. The van der Waals surface area contributed by atoms with Crippen molar-refractivity contribution in [3.63, 3.8) is 0 Å². The van der Waals surface area contributed by atoms with E-state index in [1.807, 2.05) is 26.0 Å². The lowest BCUT2D eigenvalue weighted by molar-refractivity contribution is -0.122. The number of anilines is 1. The molecule has 1 heterocycles. The summed E-state index contributed by atoms with van der Waals surface area (Å²) in [5, 5.41) is 11.5. The molecule has 0 radical (unpaired) electrons. The van der Waals surface area contributed by atoms with Crippen LogP contribution in [0.4, 0.5) is 10.5 Å². The lowest BCUT2D eigenvalue weighted by Crippen LogP contribution is -2.54.